The molecule has 1 amide bonds. The van der Waals surface area contributed by atoms with Crippen molar-refractivity contribution in [1.82, 2.24) is 14.5 Å². The summed E-state index contributed by atoms with van der Waals surface area (Å²) < 4.78 is 1.38. The summed E-state index contributed by atoms with van der Waals surface area (Å²) in [6, 6.07) is 6.41. The van der Waals surface area contributed by atoms with Crippen molar-refractivity contribution in [2.45, 2.75) is 20.4 Å². The molecule has 1 saturated heterocycles. The van der Waals surface area contributed by atoms with Gasteiger partial charge in [-0.3, -0.25) is 24.3 Å². The summed E-state index contributed by atoms with van der Waals surface area (Å²) in [4.78, 5) is 45.9. The first kappa shape index (κ1) is 20.0. The van der Waals surface area contributed by atoms with E-state index in [2.05, 4.69) is 9.88 Å². The highest BCUT2D eigenvalue weighted by atomic mass is 32.1. The number of nitro benzene ring substituents is 1. The van der Waals surface area contributed by atoms with Crippen molar-refractivity contribution in [3.8, 4) is 0 Å². The molecule has 1 aliphatic heterocycles. The number of amides is 1. The summed E-state index contributed by atoms with van der Waals surface area (Å²) in [5.41, 5.74) is 1.69. The average molecular weight is 427 g/mol. The molecule has 1 fully saturated rings. The standard InChI is InChI=1S/C20H21N5O4S/c1-13-14(2)30-19-18(13)20(27)24(12-21-19)11-17(26)23-9-7-22(8-10-23)15-3-5-16(6-4-15)25(28)29/h3-6,12H,7-11H2,1-2H3. The van der Waals surface area contributed by atoms with Crippen LogP contribution in [0.1, 0.15) is 10.4 Å². The topological polar surface area (TPSA) is 102 Å². The van der Waals surface area contributed by atoms with E-state index in [1.54, 1.807) is 17.0 Å². The van der Waals surface area contributed by atoms with Crippen LogP contribution in [-0.4, -0.2) is 51.5 Å². The monoisotopic (exact) mass is 427 g/mol. The highest BCUT2D eigenvalue weighted by molar-refractivity contribution is 7.18. The fraction of sp³-hybridized carbons (Fsp3) is 0.350. The van der Waals surface area contributed by atoms with Crippen LogP contribution < -0.4 is 10.5 Å². The maximum absolute atomic E-state index is 12.8. The van der Waals surface area contributed by atoms with Crippen LogP contribution in [0.3, 0.4) is 0 Å². The third kappa shape index (κ3) is 3.65. The highest BCUT2D eigenvalue weighted by Gasteiger charge is 2.23. The molecule has 1 aliphatic rings. The Morgan fingerprint density at radius 1 is 1.17 bits per heavy atom. The van der Waals surface area contributed by atoms with E-state index < -0.39 is 4.92 Å². The number of benzene rings is 1. The number of nitro groups is 1. The smallest absolute Gasteiger partial charge is 0.269 e. The summed E-state index contributed by atoms with van der Waals surface area (Å²) >= 11 is 1.49. The molecule has 0 atom stereocenters. The second-order valence-electron chi connectivity index (χ2n) is 7.28. The van der Waals surface area contributed by atoms with E-state index in [-0.39, 0.29) is 23.7 Å². The van der Waals surface area contributed by atoms with Gasteiger partial charge in [-0.05, 0) is 31.5 Å². The number of anilines is 1. The first-order valence-corrected chi connectivity index (χ1v) is 10.4. The third-order valence-electron chi connectivity index (χ3n) is 5.52. The Balaban J connectivity index is 1.42. The number of fused-ring (bicyclic) bond motifs is 1. The molecular weight excluding hydrogens is 406 g/mol. The van der Waals surface area contributed by atoms with E-state index in [0.717, 1.165) is 16.1 Å². The van der Waals surface area contributed by atoms with E-state index in [1.807, 2.05) is 13.8 Å². The lowest BCUT2D eigenvalue weighted by Crippen LogP contribution is -2.50. The number of hydrogen-bond acceptors (Lipinski definition) is 7. The van der Waals surface area contributed by atoms with Crippen LogP contribution in [0.2, 0.25) is 0 Å². The van der Waals surface area contributed by atoms with Gasteiger partial charge in [-0.1, -0.05) is 0 Å². The quantitative estimate of drug-likeness (QED) is 0.468. The number of aryl methyl sites for hydroxylation is 2. The lowest BCUT2D eigenvalue weighted by molar-refractivity contribution is -0.384. The van der Waals surface area contributed by atoms with Crippen LogP contribution in [0.5, 0.6) is 0 Å². The molecule has 0 saturated carbocycles. The summed E-state index contributed by atoms with van der Waals surface area (Å²) in [6.45, 7) is 6.13. The minimum atomic E-state index is -0.423. The minimum absolute atomic E-state index is 0.0341. The molecule has 3 aromatic rings. The highest BCUT2D eigenvalue weighted by Crippen LogP contribution is 2.25. The van der Waals surface area contributed by atoms with Crippen LogP contribution >= 0.6 is 11.3 Å². The Hall–Kier alpha value is -3.27. The number of hydrogen-bond donors (Lipinski definition) is 0. The lowest BCUT2D eigenvalue weighted by atomic mass is 10.2. The van der Waals surface area contributed by atoms with Crippen LogP contribution in [0.15, 0.2) is 35.4 Å². The number of nitrogens with zero attached hydrogens (tertiary/aromatic N) is 5. The molecule has 2 aromatic heterocycles. The molecule has 0 bridgehead atoms. The van der Waals surface area contributed by atoms with Crippen LogP contribution in [0.25, 0.3) is 10.2 Å². The predicted octanol–water partition coefficient (Wildman–Crippen LogP) is 2.33. The van der Waals surface area contributed by atoms with Gasteiger partial charge in [0.05, 0.1) is 16.6 Å². The van der Waals surface area contributed by atoms with Crippen molar-refractivity contribution in [2.75, 3.05) is 31.1 Å². The average Bonchev–Trinajstić information content (AvgIpc) is 3.04. The van der Waals surface area contributed by atoms with Gasteiger partial charge in [0.2, 0.25) is 5.91 Å². The zero-order valence-corrected chi connectivity index (χ0v) is 17.5. The molecule has 10 heteroatoms. The number of rotatable bonds is 4. The van der Waals surface area contributed by atoms with Gasteiger partial charge in [0.15, 0.2) is 0 Å². The van der Waals surface area contributed by atoms with Gasteiger partial charge in [-0.2, -0.15) is 0 Å². The van der Waals surface area contributed by atoms with E-state index in [1.165, 1.54) is 34.4 Å². The Bertz CT molecular complexity index is 1180. The molecule has 0 unspecified atom stereocenters. The number of carbonyl (C=O) groups is 1. The Labute approximate surface area is 176 Å². The van der Waals surface area contributed by atoms with Gasteiger partial charge in [-0.15, -0.1) is 11.3 Å². The van der Waals surface area contributed by atoms with Crippen LogP contribution in [-0.2, 0) is 11.3 Å². The molecule has 0 radical (unpaired) electrons. The minimum Gasteiger partial charge on any atom is -0.368 e. The van der Waals surface area contributed by atoms with E-state index in [0.29, 0.717) is 36.4 Å². The molecule has 9 nitrogen and oxygen atoms in total. The molecule has 0 spiro atoms. The van der Waals surface area contributed by atoms with Crippen molar-refractivity contribution in [2.24, 2.45) is 0 Å². The first-order chi connectivity index (χ1) is 14.3. The molecule has 1 aromatic carbocycles. The number of piperazine rings is 1. The normalized spacial score (nSPS) is 14.3. The molecule has 156 valence electrons. The molecule has 0 aliphatic carbocycles. The number of thiophene rings is 1. The number of non-ortho nitro benzene ring substituents is 1. The zero-order chi connectivity index (χ0) is 21.4. The predicted molar refractivity (Wildman–Crippen MR) is 115 cm³/mol. The van der Waals surface area contributed by atoms with Crippen molar-refractivity contribution >= 4 is 38.8 Å². The largest absolute Gasteiger partial charge is 0.368 e. The fourth-order valence-electron chi connectivity index (χ4n) is 3.63. The Kier molecular flexibility index (Phi) is 5.25. The van der Waals surface area contributed by atoms with Crippen molar-refractivity contribution in [3.63, 3.8) is 0 Å². The molecule has 3 heterocycles. The number of carbonyl (C=O) groups excluding carboxylic acids is 1. The van der Waals surface area contributed by atoms with E-state index >= 15 is 0 Å². The van der Waals surface area contributed by atoms with Crippen LogP contribution in [0, 0.1) is 24.0 Å². The number of aromatic nitrogens is 2. The maximum Gasteiger partial charge on any atom is 0.269 e. The zero-order valence-electron chi connectivity index (χ0n) is 16.7. The fourth-order valence-corrected chi connectivity index (χ4v) is 4.62. The van der Waals surface area contributed by atoms with E-state index in [4.69, 9.17) is 0 Å². The lowest BCUT2D eigenvalue weighted by Gasteiger charge is -2.36. The first-order valence-electron chi connectivity index (χ1n) is 9.57. The maximum atomic E-state index is 12.8. The van der Waals surface area contributed by atoms with Crippen molar-refractivity contribution in [1.29, 1.82) is 0 Å². The van der Waals surface area contributed by atoms with Gasteiger partial charge in [0.1, 0.15) is 11.4 Å². The van der Waals surface area contributed by atoms with Gasteiger partial charge < -0.3 is 9.80 Å². The summed E-state index contributed by atoms with van der Waals surface area (Å²) in [5.74, 6) is -0.119. The SMILES string of the molecule is Cc1sc2ncn(CC(=O)N3CCN(c4ccc([N+](=O)[O-])cc4)CC3)c(=O)c2c1C. The van der Waals surface area contributed by atoms with Gasteiger partial charge >= 0.3 is 0 Å². The third-order valence-corrected chi connectivity index (χ3v) is 6.63. The second kappa shape index (κ2) is 7.86. The van der Waals surface area contributed by atoms with Gasteiger partial charge in [0.25, 0.3) is 11.2 Å². The molecule has 0 N–H and O–H groups in total. The Morgan fingerprint density at radius 2 is 1.83 bits per heavy atom. The van der Waals surface area contributed by atoms with Crippen molar-refractivity contribution in [3.05, 3.63) is 61.5 Å². The van der Waals surface area contributed by atoms with Crippen LogP contribution in [0.4, 0.5) is 11.4 Å². The van der Waals surface area contributed by atoms with Gasteiger partial charge in [-0.25, -0.2) is 4.98 Å². The molecule has 30 heavy (non-hydrogen) atoms. The summed E-state index contributed by atoms with van der Waals surface area (Å²) in [7, 11) is 0. The Morgan fingerprint density at radius 3 is 2.47 bits per heavy atom. The molecular formula is C20H21N5O4S. The van der Waals surface area contributed by atoms with E-state index in [9.17, 15) is 19.7 Å². The van der Waals surface area contributed by atoms with Gasteiger partial charge in [0, 0.05) is 48.9 Å². The molecule has 4 rings (SSSR count). The summed E-state index contributed by atoms with van der Waals surface area (Å²) in [6.07, 6.45) is 1.45. The second-order valence-corrected chi connectivity index (χ2v) is 8.49. The summed E-state index contributed by atoms with van der Waals surface area (Å²) in [5, 5.41) is 11.4. The van der Waals surface area contributed by atoms with Crippen molar-refractivity contribution < 1.29 is 9.72 Å².